The van der Waals surface area contributed by atoms with E-state index in [9.17, 15) is 4.79 Å². The highest BCUT2D eigenvalue weighted by Crippen LogP contribution is 2.11. The van der Waals surface area contributed by atoms with Gasteiger partial charge in [0.1, 0.15) is 0 Å². The summed E-state index contributed by atoms with van der Waals surface area (Å²) in [5.41, 5.74) is 0.749. The maximum atomic E-state index is 11.6. The molecule has 0 aliphatic carbocycles. The molecule has 0 aliphatic heterocycles. The van der Waals surface area contributed by atoms with Crippen molar-refractivity contribution < 1.29 is 4.79 Å². The lowest BCUT2D eigenvalue weighted by molar-refractivity contribution is -0.118. The van der Waals surface area contributed by atoms with E-state index in [2.05, 4.69) is 6.92 Å². The summed E-state index contributed by atoms with van der Waals surface area (Å²) in [6.45, 7) is 2.11. The summed E-state index contributed by atoms with van der Waals surface area (Å²) >= 11 is 0. The molecule has 0 fully saturated rings. The molecule has 0 bridgehead atoms. The molecule has 0 heterocycles. The molecule has 0 unspecified atom stereocenters. The molecular weight excluding hydrogens is 188 g/mol. The fourth-order valence-corrected chi connectivity index (χ4v) is 1.38. The highest BCUT2D eigenvalue weighted by atomic mass is 16.2. The average molecular weight is 206 g/mol. The van der Waals surface area contributed by atoms with Crippen molar-refractivity contribution in [3.8, 4) is 0 Å². The molecule has 3 nitrogen and oxygen atoms in total. The van der Waals surface area contributed by atoms with Gasteiger partial charge in [-0.1, -0.05) is 38.0 Å². The fraction of sp³-hybridized carbons (Fsp3) is 0.417. The van der Waals surface area contributed by atoms with E-state index in [4.69, 9.17) is 5.84 Å². The number of carbonyl (C=O) groups is 1. The number of benzene rings is 1. The van der Waals surface area contributed by atoms with Crippen molar-refractivity contribution in [3.63, 3.8) is 0 Å². The summed E-state index contributed by atoms with van der Waals surface area (Å²) in [7, 11) is 0. The van der Waals surface area contributed by atoms with Crippen LogP contribution in [0.4, 0.5) is 5.69 Å². The predicted octanol–water partition coefficient (Wildman–Crippen LogP) is 2.47. The maximum Gasteiger partial charge on any atom is 0.241 e. The van der Waals surface area contributed by atoms with Gasteiger partial charge in [0.25, 0.3) is 0 Å². The summed E-state index contributed by atoms with van der Waals surface area (Å²) in [4.78, 5) is 11.6. The maximum absolute atomic E-state index is 11.6. The van der Waals surface area contributed by atoms with Crippen LogP contribution >= 0.6 is 0 Å². The standard InChI is InChI=1S/C12H18N2O/c1-2-3-5-10-12(15)14(13)11-8-6-4-7-9-11/h4,6-9H,2-3,5,10,13H2,1H3. The summed E-state index contributed by atoms with van der Waals surface area (Å²) in [6, 6.07) is 9.30. The third kappa shape index (κ3) is 3.72. The van der Waals surface area contributed by atoms with E-state index in [-0.39, 0.29) is 5.91 Å². The van der Waals surface area contributed by atoms with Crippen LogP contribution < -0.4 is 10.9 Å². The van der Waals surface area contributed by atoms with Crippen LogP contribution in [-0.4, -0.2) is 5.91 Å². The number of hydrogen-bond donors (Lipinski definition) is 1. The minimum absolute atomic E-state index is 0.0188. The van der Waals surface area contributed by atoms with Crippen molar-refractivity contribution in [2.24, 2.45) is 5.84 Å². The Kier molecular flexibility index (Phi) is 4.84. The van der Waals surface area contributed by atoms with E-state index < -0.39 is 0 Å². The molecule has 0 atom stereocenters. The molecule has 1 aromatic carbocycles. The Morgan fingerprint density at radius 2 is 1.93 bits per heavy atom. The SMILES string of the molecule is CCCCCC(=O)N(N)c1ccccc1. The highest BCUT2D eigenvalue weighted by molar-refractivity contribution is 5.91. The average Bonchev–Trinajstić information content (AvgIpc) is 2.29. The van der Waals surface area contributed by atoms with Crippen LogP contribution in [0.2, 0.25) is 0 Å². The first-order chi connectivity index (χ1) is 7.25. The third-order valence-corrected chi connectivity index (χ3v) is 2.30. The van der Waals surface area contributed by atoms with Crippen LogP contribution in [0.3, 0.4) is 0 Å². The Bertz CT molecular complexity index is 298. The minimum atomic E-state index is -0.0188. The van der Waals surface area contributed by atoms with Crippen molar-refractivity contribution in [1.82, 2.24) is 0 Å². The molecule has 0 radical (unpaired) electrons. The lowest BCUT2D eigenvalue weighted by Gasteiger charge is -2.16. The molecule has 0 aliphatic rings. The number of hydrogen-bond acceptors (Lipinski definition) is 2. The third-order valence-electron chi connectivity index (χ3n) is 2.30. The van der Waals surface area contributed by atoms with Crippen molar-refractivity contribution in [2.45, 2.75) is 32.6 Å². The van der Waals surface area contributed by atoms with E-state index in [1.807, 2.05) is 30.3 Å². The van der Waals surface area contributed by atoms with Crippen LogP contribution in [0.5, 0.6) is 0 Å². The Hall–Kier alpha value is -1.35. The normalized spacial score (nSPS) is 10.0. The number of hydrazine groups is 1. The number of nitrogens with two attached hydrogens (primary N) is 1. The van der Waals surface area contributed by atoms with Gasteiger partial charge in [-0.3, -0.25) is 4.79 Å². The van der Waals surface area contributed by atoms with Gasteiger partial charge >= 0.3 is 0 Å². The molecule has 82 valence electrons. The molecule has 15 heavy (non-hydrogen) atoms. The molecule has 1 amide bonds. The number of nitrogens with zero attached hydrogens (tertiary/aromatic N) is 1. The molecule has 1 rings (SSSR count). The second kappa shape index (κ2) is 6.19. The van der Waals surface area contributed by atoms with Crippen molar-refractivity contribution in [2.75, 3.05) is 5.01 Å². The molecule has 0 saturated heterocycles. The van der Waals surface area contributed by atoms with Gasteiger partial charge in [-0.2, -0.15) is 0 Å². The smallest absolute Gasteiger partial charge is 0.241 e. The van der Waals surface area contributed by atoms with Gasteiger partial charge in [-0.25, -0.2) is 10.9 Å². The summed E-state index contributed by atoms with van der Waals surface area (Å²) < 4.78 is 0. The fourth-order valence-electron chi connectivity index (χ4n) is 1.38. The summed E-state index contributed by atoms with van der Waals surface area (Å²) in [5, 5.41) is 1.23. The van der Waals surface area contributed by atoms with Gasteiger partial charge < -0.3 is 0 Å². The largest absolute Gasteiger partial charge is 0.273 e. The molecule has 2 N–H and O–H groups in total. The van der Waals surface area contributed by atoms with Crippen LogP contribution in [0.1, 0.15) is 32.6 Å². The Morgan fingerprint density at radius 3 is 2.53 bits per heavy atom. The summed E-state index contributed by atoms with van der Waals surface area (Å²) in [5.74, 6) is 5.69. The van der Waals surface area contributed by atoms with E-state index in [1.165, 1.54) is 5.01 Å². The first-order valence-corrected chi connectivity index (χ1v) is 5.38. The second-order valence-electron chi connectivity index (χ2n) is 3.56. The van der Waals surface area contributed by atoms with Gasteiger partial charge in [0, 0.05) is 6.42 Å². The van der Waals surface area contributed by atoms with Crippen molar-refractivity contribution in [1.29, 1.82) is 0 Å². The lowest BCUT2D eigenvalue weighted by atomic mass is 10.2. The molecule has 0 saturated carbocycles. The van der Waals surface area contributed by atoms with Crippen LogP contribution in [0.15, 0.2) is 30.3 Å². The molecular formula is C12H18N2O. The van der Waals surface area contributed by atoms with Crippen LogP contribution in [-0.2, 0) is 4.79 Å². The van der Waals surface area contributed by atoms with Crippen LogP contribution in [0, 0.1) is 0 Å². The Balaban J connectivity index is 2.46. The number of anilines is 1. The Morgan fingerprint density at radius 1 is 1.27 bits per heavy atom. The number of amides is 1. The minimum Gasteiger partial charge on any atom is -0.273 e. The molecule has 0 aromatic heterocycles. The first kappa shape index (κ1) is 11.7. The van der Waals surface area contributed by atoms with Gasteiger partial charge in [0.2, 0.25) is 5.91 Å². The van der Waals surface area contributed by atoms with E-state index in [1.54, 1.807) is 0 Å². The zero-order valence-electron chi connectivity index (χ0n) is 9.15. The van der Waals surface area contributed by atoms with E-state index in [0.29, 0.717) is 6.42 Å². The zero-order valence-corrected chi connectivity index (χ0v) is 9.15. The topological polar surface area (TPSA) is 46.3 Å². The van der Waals surface area contributed by atoms with Gasteiger partial charge in [0.05, 0.1) is 5.69 Å². The number of carbonyl (C=O) groups excluding carboxylic acids is 1. The Labute approximate surface area is 90.9 Å². The molecule has 1 aromatic rings. The van der Waals surface area contributed by atoms with Crippen molar-refractivity contribution >= 4 is 11.6 Å². The van der Waals surface area contributed by atoms with Gasteiger partial charge in [0.15, 0.2) is 0 Å². The molecule has 3 heteroatoms. The van der Waals surface area contributed by atoms with Crippen molar-refractivity contribution in [3.05, 3.63) is 30.3 Å². The first-order valence-electron chi connectivity index (χ1n) is 5.38. The number of para-hydroxylation sites is 1. The lowest BCUT2D eigenvalue weighted by Crippen LogP contribution is -2.37. The monoisotopic (exact) mass is 206 g/mol. The highest BCUT2D eigenvalue weighted by Gasteiger charge is 2.09. The second-order valence-corrected chi connectivity index (χ2v) is 3.56. The van der Waals surface area contributed by atoms with Gasteiger partial charge in [-0.05, 0) is 18.6 Å². The van der Waals surface area contributed by atoms with E-state index in [0.717, 1.165) is 24.9 Å². The molecule has 0 spiro atoms. The quantitative estimate of drug-likeness (QED) is 0.348. The number of unbranched alkanes of at least 4 members (excludes halogenated alkanes) is 2. The predicted molar refractivity (Wildman–Crippen MR) is 62.3 cm³/mol. The number of rotatable bonds is 5. The summed E-state index contributed by atoms with van der Waals surface area (Å²) in [6.07, 6.45) is 3.63. The van der Waals surface area contributed by atoms with E-state index >= 15 is 0 Å². The zero-order chi connectivity index (χ0) is 11.1. The van der Waals surface area contributed by atoms with Crippen LogP contribution in [0.25, 0.3) is 0 Å². The van der Waals surface area contributed by atoms with Gasteiger partial charge in [-0.15, -0.1) is 0 Å².